The van der Waals surface area contributed by atoms with Gasteiger partial charge in [-0.2, -0.15) is 0 Å². The number of anilines is 3. The fourth-order valence-electron chi connectivity index (χ4n) is 4.21. The standard InChI is InChI=1S/C28H29N3O4/c1-29(2)20-11-9-18(10-12-20)25-24(26(32)19-7-6-8-23(17-19)35-5)27(33)28(34)31(25)22-15-13-21(14-16-22)30(3)4/h6-17,25,32H,1-5H3/b26-24-. The molecule has 3 aromatic carbocycles. The lowest BCUT2D eigenvalue weighted by Gasteiger charge is -2.26. The first-order valence-corrected chi connectivity index (χ1v) is 11.2. The van der Waals surface area contributed by atoms with Crippen LogP contribution in [-0.2, 0) is 9.59 Å². The van der Waals surface area contributed by atoms with E-state index >= 15 is 0 Å². The maximum absolute atomic E-state index is 13.3. The smallest absolute Gasteiger partial charge is 0.300 e. The van der Waals surface area contributed by atoms with Crippen LogP contribution in [0.15, 0.2) is 78.4 Å². The fourth-order valence-corrected chi connectivity index (χ4v) is 4.21. The maximum atomic E-state index is 13.3. The molecule has 1 aliphatic rings. The normalized spacial score (nSPS) is 16.9. The van der Waals surface area contributed by atoms with Crippen molar-refractivity contribution < 1.29 is 19.4 Å². The van der Waals surface area contributed by atoms with Crippen LogP contribution in [0.5, 0.6) is 5.75 Å². The monoisotopic (exact) mass is 471 g/mol. The number of Topliss-reactive ketones (excluding diaryl/α,β-unsaturated/α-hetero) is 1. The summed E-state index contributed by atoms with van der Waals surface area (Å²) in [5.41, 5.74) is 3.68. The number of carbonyl (C=O) groups is 2. The van der Waals surface area contributed by atoms with Gasteiger partial charge in [-0.25, -0.2) is 0 Å². The van der Waals surface area contributed by atoms with Crippen molar-refractivity contribution in [2.24, 2.45) is 0 Å². The number of benzene rings is 3. The molecule has 1 heterocycles. The number of ether oxygens (including phenoxy) is 1. The lowest BCUT2D eigenvalue weighted by Crippen LogP contribution is -2.29. The number of aliphatic hydroxyl groups excluding tert-OH is 1. The first kappa shape index (κ1) is 23.9. The second-order valence-corrected chi connectivity index (χ2v) is 8.80. The highest BCUT2D eigenvalue weighted by Crippen LogP contribution is 2.43. The molecule has 0 spiro atoms. The number of ketones is 1. The Balaban J connectivity index is 1.90. The minimum Gasteiger partial charge on any atom is -0.507 e. The highest BCUT2D eigenvalue weighted by Gasteiger charge is 2.47. The Morgan fingerprint density at radius 3 is 1.97 bits per heavy atom. The van der Waals surface area contributed by atoms with Crippen molar-refractivity contribution >= 4 is 34.5 Å². The molecular formula is C28H29N3O4. The lowest BCUT2D eigenvalue weighted by atomic mass is 9.94. The summed E-state index contributed by atoms with van der Waals surface area (Å²) >= 11 is 0. The SMILES string of the molecule is COc1cccc(/C(O)=C2/C(=O)C(=O)N(c3ccc(N(C)C)cc3)C2c2ccc(N(C)C)cc2)c1. The number of amides is 1. The molecule has 1 fully saturated rings. The van der Waals surface area contributed by atoms with Gasteiger partial charge in [-0.1, -0.05) is 24.3 Å². The van der Waals surface area contributed by atoms with Crippen molar-refractivity contribution in [3.63, 3.8) is 0 Å². The molecule has 1 N–H and O–H groups in total. The summed E-state index contributed by atoms with van der Waals surface area (Å²) in [5, 5.41) is 11.3. The van der Waals surface area contributed by atoms with Crippen LogP contribution in [0.1, 0.15) is 17.2 Å². The molecular weight excluding hydrogens is 442 g/mol. The van der Waals surface area contributed by atoms with Gasteiger partial charge in [0.1, 0.15) is 11.5 Å². The van der Waals surface area contributed by atoms with E-state index in [0.29, 0.717) is 17.0 Å². The molecule has 35 heavy (non-hydrogen) atoms. The third-order valence-electron chi connectivity index (χ3n) is 6.16. The van der Waals surface area contributed by atoms with Gasteiger partial charge in [-0.05, 0) is 54.1 Å². The molecule has 1 unspecified atom stereocenters. The van der Waals surface area contributed by atoms with E-state index in [2.05, 4.69) is 0 Å². The van der Waals surface area contributed by atoms with E-state index in [-0.39, 0.29) is 11.3 Å². The Hall–Kier alpha value is -4.26. The topological polar surface area (TPSA) is 73.3 Å². The average Bonchev–Trinajstić information content (AvgIpc) is 3.13. The molecule has 1 aliphatic heterocycles. The lowest BCUT2D eigenvalue weighted by molar-refractivity contribution is -0.132. The molecule has 0 bridgehead atoms. The van der Waals surface area contributed by atoms with Gasteiger partial charge in [0.2, 0.25) is 0 Å². The number of hydrogen-bond donors (Lipinski definition) is 1. The van der Waals surface area contributed by atoms with E-state index in [4.69, 9.17) is 4.74 Å². The first-order chi connectivity index (χ1) is 16.7. The van der Waals surface area contributed by atoms with Gasteiger partial charge in [0.05, 0.1) is 18.7 Å². The predicted molar refractivity (Wildman–Crippen MR) is 139 cm³/mol. The Morgan fingerprint density at radius 1 is 0.857 bits per heavy atom. The zero-order valence-electron chi connectivity index (χ0n) is 20.5. The number of nitrogens with zero attached hydrogens (tertiary/aromatic N) is 3. The summed E-state index contributed by atoms with van der Waals surface area (Å²) in [7, 11) is 9.28. The van der Waals surface area contributed by atoms with E-state index in [1.807, 2.05) is 86.5 Å². The number of methoxy groups -OCH3 is 1. The summed E-state index contributed by atoms with van der Waals surface area (Å²) in [4.78, 5) is 32.1. The molecule has 3 aromatic rings. The van der Waals surface area contributed by atoms with Gasteiger partial charge in [0, 0.05) is 50.8 Å². The third-order valence-corrected chi connectivity index (χ3v) is 6.16. The number of aliphatic hydroxyl groups is 1. The molecule has 1 atom stereocenters. The van der Waals surface area contributed by atoms with Crippen LogP contribution >= 0.6 is 0 Å². The number of carbonyl (C=O) groups excluding carboxylic acids is 2. The van der Waals surface area contributed by atoms with Crippen LogP contribution in [0.3, 0.4) is 0 Å². The van der Waals surface area contributed by atoms with Crippen LogP contribution in [0.2, 0.25) is 0 Å². The molecule has 1 amide bonds. The average molecular weight is 472 g/mol. The van der Waals surface area contributed by atoms with Gasteiger partial charge >= 0.3 is 0 Å². The largest absolute Gasteiger partial charge is 0.507 e. The summed E-state index contributed by atoms with van der Waals surface area (Å²) in [6.07, 6.45) is 0. The van der Waals surface area contributed by atoms with Crippen molar-refractivity contribution in [2.75, 3.05) is 50.0 Å². The van der Waals surface area contributed by atoms with Crippen molar-refractivity contribution in [3.8, 4) is 5.75 Å². The minimum absolute atomic E-state index is 0.0394. The van der Waals surface area contributed by atoms with E-state index < -0.39 is 17.7 Å². The zero-order valence-corrected chi connectivity index (χ0v) is 20.5. The maximum Gasteiger partial charge on any atom is 0.300 e. The minimum atomic E-state index is -0.789. The van der Waals surface area contributed by atoms with E-state index in [1.54, 1.807) is 24.3 Å². The van der Waals surface area contributed by atoms with Gasteiger partial charge in [0.25, 0.3) is 11.7 Å². The van der Waals surface area contributed by atoms with Crippen LogP contribution in [0, 0.1) is 0 Å². The van der Waals surface area contributed by atoms with Crippen LogP contribution in [-0.4, -0.2) is 52.1 Å². The van der Waals surface area contributed by atoms with Gasteiger partial charge < -0.3 is 19.6 Å². The quantitative estimate of drug-likeness (QED) is 0.325. The van der Waals surface area contributed by atoms with E-state index in [9.17, 15) is 14.7 Å². The van der Waals surface area contributed by atoms with Crippen LogP contribution in [0.25, 0.3) is 5.76 Å². The second kappa shape index (κ2) is 9.54. The Bertz CT molecular complexity index is 1280. The summed E-state index contributed by atoms with van der Waals surface area (Å²) in [6.45, 7) is 0. The first-order valence-electron chi connectivity index (χ1n) is 11.2. The molecule has 7 heteroatoms. The molecule has 180 valence electrons. The van der Waals surface area contributed by atoms with Crippen LogP contribution < -0.4 is 19.4 Å². The van der Waals surface area contributed by atoms with Crippen molar-refractivity contribution in [3.05, 3.63) is 89.5 Å². The molecule has 0 saturated carbocycles. The molecule has 1 saturated heterocycles. The van der Waals surface area contributed by atoms with E-state index in [1.165, 1.54) is 12.0 Å². The fraction of sp³-hybridized carbons (Fsp3) is 0.214. The van der Waals surface area contributed by atoms with Gasteiger partial charge in [-0.3, -0.25) is 14.5 Å². The molecule has 0 aliphatic carbocycles. The molecule has 0 aromatic heterocycles. The third kappa shape index (κ3) is 4.45. The number of rotatable bonds is 6. The highest BCUT2D eigenvalue weighted by atomic mass is 16.5. The molecule has 4 rings (SSSR count). The van der Waals surface area contributed by atoms with Gasteiger partial charge in [-0.15, -0.1) is 0 Å². The van der Waals surface area contributed by atoms with Crippen molar-refractivity contribution in [2.45, 2.75) is 6.04 Å². The predicted octanol–water partition coefficient (Wildman–Crippen LogP) is 4.45. The summed E-state index contributed by atoms with van der Waals surface area (Å²) in [6, 6.07) is 21.0. The van der Waals surface area contributed by atoms with Crippen LogP contribution in [0.4, 0.5) is 17.1 Å². The van der Waals surface area contributed by atoms with Gasteiger partial charge in [0.15, 0.2) is 0 Å². The highest BCUT2D eigenvalue weighted by molar-refractivity contribution is 6.51. The van der Waals surface area contributed by atoms with Crippen molar-refractivity contribution in [1.29, 1.82) is 0 Å². The van der Waals surface area contributed by atoms with E-state index in [0.717, 1.165) is 16.9 Å². The second-order valence-electron chi connectivity index (χ2n) is 8.80. The zero-order chi connectivity index (χ0) is 25.3. The summed E-state index contributed by atoms with van der Waals surface area (Å²) in [5.74, 6) is -1.12. The Kier molecular flexibility index (Phi) is 6.51. The Labute approximate surface area is 205 Å². The summed E-state index contributed by atoms with van der Waals surface area (Å²) < 4.78 is 5.28. The molecule has 0 radical (unpaired) electrons. The number of hydrogen-bond acceptors (Lipinski definition) is 6. The molecule has 7 nitrogen and oxygen atoms in total. The van der Waals surface area contributed by atoms with Crippen molar-refractivity contribution in [1.82, 2.24) is 0 Å². The Morgan fingerprint density at radius 2 is 1.43 bits per heavy atom.